The molecule has 1 heterocycles. The molecule has 0 saturated carbocycles. The molecule has 1 aliphatic rings. The molecule has 0 bridgehead atoms. The third-order valence-corrected chi connectivity index (χ3v) is 3.74. The minimum absolute atomic E-state index is 0.266. The second-order valence-corrected chi connectivity index (χ2v) is 4.92. The fourth-order valence-electron chi connectivity index (χ4n) is 1.47. The van der Waals surface area contributed by atoms with E-state index in [1.54, 1.807) is 6.07 Å². The molecule has 5 heteroatoms. The zero-order chi connectivity index (χ0) is 10.2. The largest absolute Gasteiger partial charge is 0.370 e. The van der Waals surface area contributed by atoms with Gasteiger partial charge in [0.25, 0.3) is 0 Å². The Morgan fingerprint density at radius 1 is 1.43 bits per heavy atom. The number of hydrogen-bond donors (Lipinski definition) is 2. The van der Waals surface area contributed by atoms with Crippen LogP contribution in [0.25, 0.3) is 0 Å². The normalized spacial score (nSPS) is 18.4. The van der Waals surface area contributed by atoms with Crippen LogP contribution in [0.2, 0.25) is 0 Å². The first-order chi connectivity index (χ1) is 6.63. The summed E-state index contributed by atoms with van der Waals surface area (Å²) in [5.74, 6) is 0. The number of benzene rings is 1. The second-order valence-electron chi connectivity index (χ2n) is 3.19. The number of hydrogen-bond acceptors (Lipinski definition) is 3. The average molecular weight is 212 g/mol. The van der Waals surface area contributed by atoms with Crippen molar-refractivity contribution >= 4 is 15.7 Å². The Morgan fingerprint density at radius 2 is 2.21 bits per heavy atom. The molecule has 2 N–H and O–H groups in total. The number of sulfonamides is 1. The molecule has 0 aliphatic carbocycles. The molecule has 2 rings (SSSR count). The molecule has 0 amide bonds. The van der Waals surface area contributed by atoms with Crippen LogP contribution in [0.4, 0.5) is 5.69 Å². The van der Waals surface area contributed by atoms with Crippen LogP contribution in [0.5, 0.6) is 0 Å². The van der Waals surface area contributed by atoms with E-state index in [1.165, 1.54) is 0 Å². The maximum atomic E-state index is 11.5. The lowest BCUT2D eigenvalue weighted by atomic mass is 10.1. The SMILES string of the molecule is CCc1ccc2c(c1)NCNS2(=O)=O. The predicted molar refractivity (Wildman–Crippen MR) is 54.6 cm³/mol. The third-order valence-electron chi connectivity index (χ3n) is 2.28. The topological polar surface area (TPSA) is 58.2 Å². The number of fused-ring (bicyclic) bond motifs is 1. The summed E-state index contributed by atoms with van der Waals surface area (Å²) in [6.45, 7) is 2.31. The molecule has 0 saturated heterocycles. The summed E-state index contributed by atoms with van der Waals surface area (Å²) in [6.07, 6.45) is 0.905. The number of nitrogens with one attached hydrogen (secondary N) is 2. The number of aryl methyl sites for hydroxylation is 1. The van der Waals surface area contributed by atoms with Gasteiger partial charge < -0.3 is 5.32 Å². The van der Waals surface area contributed by atoms with Gasteiger partial charge in [0.2, 0.25) is 10.0 Å². The average Bonchev–Trinajstić information content (AvgIpc) is 2.16. The van der Waals surface area contributed by atoms with Gasteiger partial charge in [-0.1, -0.05) is 13.0 Å². The maximum absolute atomic E-state index is 11.5. The fraction of sp³-hybridized carbons (Fsp3) is 0.333. The quantitative estimate of drug-likeness (QED) is 0.727. The molecule has 0 unspecified atom stereocenters. The van der Waals surface area contributed by atoms with Crippen molar-refractivity contribution in [3.8, 4) is 0 Å². The van der Waals surface area contributed by atoms with Gasteiger partial charge in [-0.25, -0.2) is 8.42 Å². The van der Waals surface area contributed by atoms with Gasteiger partial charge in [0, 0.05) is 0 Å². The lowest BCUT2D eigenvalue weighted by Crippen LogP contribution is -2.34. The lowest BCUT2D eigenvalue weighted by molar-refractivity contribution is 0.581. The van der Waals surface area contributed by atoms with Gasteiger partial charge >= 0.3 is 0 Å². The van der Waals surface area contributed by atoms with Crippen LogP contribution < -0.4 is 10.0 Å². The predicted octanol–water partition coefficient (Wildman–Crippen LogP) is 0.910. The summed E-state index contributed by atoms with van der Waals surface area (Å²) < 4.78 is 25.5. The van der Waals surface area contributed by atoms with Crippen molar-refractivity contribution in [2.45, 2.75) is 18.2 Å². The van der Waals surface area contributed by atoms with E-state index in [4.69, 9.17) is 0 Å². The minimum Gasteiger partial charge on any atom is -0.370 e. The van der Waals surface area contributed by atoms with E-state index in [-0.39, 0.29) is 6.67 Å². The molecule has 0 spiro atoms. The highest BCUT2D eigenvalue weighted by Gasteiger charge is 2.22. The van der Waals surface area contributed by atoms with E-state index in [1.807, 2.05) is 19.1 Å². The molecule has 1 aliphatic heterocycles. The van der Waals surface area contributed by atoms with Crippen LogP contribution in [0.1, 0.15) is 12.5 Å². The Balaban J connectivity index is 2.58. The third kappa shape index (κ3) is 1.49. The van der Waals surface area contributed by atoms with E-state index < -0.39 is 10.0 Å². The first kappa shape index (κ1) is 9.48. The highest BCUT2D eigenvalue weighted by Crippen LogP contribution is 2.25. The smallest absolute Gasteiger partial charge is 0.244 e. The van der Waals surface area contributed by atoms with E-state index in [0.717, 1.165) is 12.0 Å². The Morgan fingerprint density at radius 3 is 2.93 bits per heavy atom. The van der Waals surface area contributed by atoms with Crippen LogP contribution in [0.3, 0.4) is 0 Å². The van der Waals surface area contributed by atoms with Gasteiger partial charge in [-0.2, -0.15) is 4.72 Å². The van der Waals surface area contributed by atoms with Gasteiger partial charge in [-0.3, -0.25) is 0 Å². The Labute approximate surface area is 83.4 Å². The Bertz CT molecular complexity index is 454. The van der Waals surface area contributed by atoms with Crippen molar-refractivity contribution in [2.24, 2.45) is 0 Å². The summed E-state index contributed by atoms with van der Waals surface area (Å²) >= 11 is 0. The molecule has 4 nitrogen and oxygen atoms in total. The monoisotopic (exact) mass is 212 g/mol. The maximum Gasteiger partial charge on any atom is 0.244 e. The van der Waals surface area contributed by atoms with Crippen molar-refractivity contribution in [1.82, 2.24) is 4.72 Å². The molecule has 1 aromatic rings. The molecular weight excluding hydrogens is 200 g/mol. The Hall–Kier alpha value is -1.07. The molecule has 76 valence electrons. The summed E-state index contributed by atoms with van der Waals surface area (Å²) in [5.41, 5.74) is 1.83. The zero-order valence-corrected chi connectivity index (χ0v) is 8.69. The van der Waals surface area contributed by atoms with Gasteiger partial charge in [0.1, 0.15) is 4.90 Å². The minimum atomic E-state index is -3.28. The standard InChI is InChI=1S/C9H12N2O2S/c1-2-7-3-4-9-8(5-7)10-6-11-14(9,12)13/h3-5,10-11H,2,6H2,1H3. The van der Waals surface area contributed by atoms with Crippen LogP contribution >= 0.6 is 0 Å². The molecule has 0 fully saturated rings. The summed E-state index contributed by atoms with van der Waals surface area (Å²) in [4.78, 5) is 0.334. The molecule has 0 atom stereocenters. The first-order valence-electron chi connectivity index (χ1n) is 4.50. The van der Waals surface area contributed by atoms with Gasteiger partial charge in [-0.05, 0) is 24.1 Å². The highest BCUT2D eigenvalue weighted by molar-refractivity contribution is 7.89. The highest BCUT2D eigenvalue weighted by atomic mass is 32.2. The summed E-state index contributed by atoms with van der Waals surface area (Å²) in [6, 6.07) is 5.36. The van der Waals surface area contributed by atoms with E-state index in [2.05, 4.69) is 10.0 Å². The van der Waals surface area contributed by atoms with Gasteiger partial charge in [0.15, 0.2) is 0 Å². The lowest BCUT2D eigenvalue weighted by Gasteiger charge is -2.19. The van der Waals surface area contributed by atoms with Crippen molar-refractivity contribution in [3.63, 3.8) is 0 Å². The molecule has 1 aromatic carbocycles. The van der Waals surface area contributed by atoms with Crippen molar-refractivity contribution < 1.29 is 8.42 Å². The molecule has 0 radical (unpaired) electrons. The van der Waals surface area contributed by atoms with Crippen LogP contribution in [-0.2, 0) is 16.4 Å². The number of rotatable bonds is 1. The fourth-order valence-corrected chi connectivity index (χ4v) is 2.56. The Kier molecular flexibility index (Phi) is 2.20. The first-order valence-corrected chi connectivity index (χ1v) is 5.98. The van der Waals surface area contributed by atoms with Crippen LogP contribution in [-0.4, -0.2) is 15.1 Å². The number of anilines is 1. The van der Waals surface area contributed by atoms with Gasteiger partial charge in [-0.15, -0.1) is 0 Å². The molecule has 0 aromatic heterocycles. The molecular formula is C9H12N2O2S. The van der Waals surface area contributed by atoms with Crippen LogP contribution in [0.15, 0.2) is 23.1 Å². The zero-order valence-electron chi connectivity index (χ0n) is 7.87. The molecule has 14 heavy (non-hydrogen) atoms. The summed E-state index contributed by atoms with van der Waals surface area (Å²) in [5, 5.41) is 3.00. The second kappa shape index (κ2) is 3.25. The van der Waals surface area contributed by atoms with E-state index >= 15 is 0 Å². The van der Waals surface area contributed by atoms with Crippen molar-refractivity contribution in [2.75, 3.05) is 12.0 Å². The van der Waals surface area contributed by atoms with Gasteiger partial charge in [0.05, 0.1) is 12.4 Å². The van der Waals surface area contributed by atoms with Crippen LogP contribution in [0, 0.1) is 0 Å². The van der Waals surface area contributed by atoms with E-state index in [9.17, 15) is 8.42 Å². The van der Waals surface area contributed by atoms with E-state index in [0.29, 0.717) is 10.6 Å². The van der Waals surface area contributed by atoms with Crippen molar-refractivity contribution in [1.29, 1.82) is 0 Å². The van der Waals surface area contributed by atoms with Crippen molar-refractivity contribution in [3.05, 3.63) is 23.8 Å². The summed E-state index contributed by atoms with van der Waals surface area (Å²) in [7, 11) is -3.28.